The van der Waals surface area contributed by atoms with E-state index in [1.54, 1.807) is 12.1 Å². The van der Waals surface area contributed by atoms with E-state index in [1.807, 2.05) is 48.5 Å². The molecule has 2 aromatic heterocycles. The maximum absolute atomic E-state index is 13.2. The van der Waals surface area contributed by atoms with Gasteiger partial charge in [-0.1, -0.05) is 35.9 Å². The highest BCUT2D eigenvalue weighted by Crippen LogP contribution is 2.27. The Kier molecular flexibility index (Phi) is 5.01. The molecule has 0 fully saturated rings. The lowest BCUT2D eigenvalue weighted by molar-refractivity contribution is 0.579. The number of anilines is 1. The van der Waals surface area contributed by atoms with Crippen molar-refractivity contribution in [1.29, 1.82) is 0 Å². The van der Waals surface area contributed by atoms with Crippen LogP contribution >= 0.6 is 11.6 Å². The van der Waals surface area contributed by atoms with Crippen molar-refractivity contribution in [2.45, 2.75) is 6.54 Å². The van der Waals surface area contributed by atoms with Gasteiger partial charge in [-0.05, 0) is 54.1 Å². The summed E-state index contributed by atoms with van der Waals surface area (Å²) in [6, 6.07) is 21.1. The van der Waals surface area contributed by atoms with E-state index in [0.717, 1.165) is 16.5 Å². The quantitative estimate of drug-likeness (QED) is 0.381. The van der Waals surface area contributed by atoms with E-state index < -0.39 is 0 Å². The van der Waals surface area contributed by atoms with Gasteiger partial charge < -0.3 is 9.73 Å². The third-order valence-electron chi connectivity index (χ3n) is 4.68. The molecule has 6 nitrogen and oxygen atoms in total. The van der Waals surface area contributed by atoms with Crippen molar-refractivity contribution >= 4 is 28.3 Å². The summed E-state index contributed by atoms with van der Waals surface area (Å²) in [5, 5.41) is 13.0. The Bertz CT molecular complexity index is 1350. The first-order chi connectivity index (χ1) is 15.2. The zero-order valence-electron chi connectivity index (χ0n) is 16.1. The minimum atomic E-state index is -0.335. The molecular formula is C23H15ClFN5O. The van der Waals surface area contributed by atoms with Crippen LogP contribution in [0.5, 0.6) is 0 Å². The average Bonchev–Trinajstić information content (AvgIpc) is 3.29. The van der Waals surface area contributed by atoms with E-state index in [1.165, 1.54) is 12.1 Å². The predicted molar refractivity (Wildman–Crippen MR) is 117 cm³/mol. The summed E-state index contributed by atoms with van der Waals surface area (Å²) in [4.78, 5) is 9.19. The van der Waals surface area contributed by atoms with Crippen molar-refractivity contribution in [1.82, 2.24) is 20.2 Å². The summed E-state index contributed by atoms with van der Waals surface area (Å²) in [6.07, 6.45) is 0. The molecule has 152 valence electrons. The second-order valence-electron chi connectivity index (χ2n) is 6.81. The van der Waals surface area contributed by atoms with Gasteiger partial charge in [0.2, 0.25) is 11.7 Å². The van der Waals surface area contributed by atoms with Crippen molar-refractivity contribution in [3.63, 3.8) is 0 Å². The van der Waals surface area contributed by atoms with E-state index in [-0.39, 0.29) is 17.6 Å². The van der Waals surface area contributed by atoms with Gasteiger partial charge in [-0.2, -0.15) is 0 Å². The number of rotatable bonds is 5. The van der Waals surface area contributed by atoms with Crippen molar-refractivity contribution in [3.8, 4) is 23.2 Å². The van der Waals surface area contributed by atoms with Crippen molar-refractivity contribution in [2.75, 3.05) is 5.32 Å². The van der Waals surface area contributed by atoms with Crippen LogP contribution in [0.1, 0.15) is 5.56 Å². The molecule has 0 aliphatic heterocycles. The second-order valence-corrected chi connectivity index (χ2v) is 7.25. The Labute approximate surface area is 181 Å². The lowest BCUT2D eigenvalue weighted by Gasteiger charge is -2.10. The molecule has 0 saturated heterocycles. The van der Waals surface area contributed by atoms with Crippen molar-refractivity contribution in [2.24, 2.45) is 0 Å². The van der Waals surface area contributed by atoms with E-state index in [4.69, 9.17) is 16.0 Å². The summed E-state index contributed by atoms with van der Waals surface area (Å²) < 4.78 is 18.9. The molecule has 5 rings (SSSR count). The number of hydrogen-bond acceptors (Lipinski definition) is 6. The molecular weight excluding hydrogens is 417 g/mol. The SMILES string of the molecule is Fc1ccc(-c2nnc(-c3nc(NCc4ccc(Cl)cc4)c4ccccc4n3)o2)cc1. The number of benzene rings is 3. The maximum Gasteiger partial charge on any atom is 0.286 e. The third-order valence-corrected chi connectivity index (χ3v) is 4.94. The highest BCUT2D eigenvalue weighted by Gasteiger charge is 2.16. The van der Waals surface area contributed by atoms with E-state index >= 15 is 0 Å². The summed E-state index contributed by atoms with van der Waals surface area (Å²) in [6.45, 7) is 0.558. The molecule has 0 aliphatic carbocycles. The minimum Gasteiger partial charge on any atom is -0.413 e. The second kappa shape index (κ2) is 8.12. The van der Waals surface area contributed by atoms with Gasteiger partial charge in [-0.3, -0.25) is 0 Å². The van der Waals surface area contributed by atoms with Crippen LogP contribution < -0.4 is 5.32 Å². The fourth-order valence-electron chi connectivity index (χ4n) is 3.12. The van der Waals surface area contributed by atoms with Crippen LogP contribution in [0.2, 0.25) is 5.02 Å². The first-order valence-corrected chi connectivity index (χ1v) is 9.88. The zero-order valence-corrected chi connectivity index (χ0v) is 16.8. The highest BCUT2D eigenvalue weighted by molar-refractivity contribution is 6.30. The van der Waals surface area contributed by atoms with Gasteiger partial charge in [0.1, 0.15) is 11.6 Å². The largest absolute Gasteiger partial charge is 0.413 e. The summed E-state index contributed by atoms with van der Waals surface area (Å²) in [5.74, 6) is 1.06. The number of nitrogens with zero attached hydrogens (tertiary/aromatic N) is 4. The summed E-state index contributed by atoms with van der Waals surface area (Å²) in [7, 11) is 0. The van der Waals surface area contributed by atoms with Crippen LogP contribution in [-0.2, 0) is 6.54 Å². The summed E-state index contributed by atoms with van der Waals surface area (Å²) >= 11 is 5.97. The lowest BCUT2D eigenvalue weighted by Crippen LogP contribution is -2.04. The number of nitrogens with one attached hydrogen (secondary N) is 1. The summed E-state index contributed by atoms with van der Waals surface area (Å²) in [5.41, 5.74) is 2.42. The van der Waals surface area contributed by atoms with Gasteiger partial charge in [0, 0.05) is 22.5 Å². The fourth-order valence-corrected chi connectivity index (χ4v) is 3.24. The van der Waals surface area contributed by atoms with Gasteiger partial charge >= 0.3 is 0 Å². The molecule has 3 aromatic carbocycles. The van der Waals surface area contributed by atoms with Crippen molar-refractivity contribution < 1.29 is 8.81 Å². The Hall–Kier alpha value is -3.84. The Morgan fingerprint density at radius 2 is 1.58 bits per heavy atom. The van der Waals surface area contributed by atoms with Gasteiger partial charge in [-0.25, -0.2) is 14.4 Å². The van der Waals surface area contributed by atoms with E-state index in [0.29, 0.717) is 28.8 Å². The predicted octanol–water partition coefficient (Wildman–Crippen LogP) is 5.75. The molecule has 0 bridgehead atoms. The molecule has 2 heterocycles. The maximum atomic E-state index is 13.2. The van der Waals surface area contributed by atoms with Gasteiger partial charge in [-0.15, -0.1) is 10.2 Å². The average molecular weight is 432 g/mol. The molecule has 8 heteroatoms. The van der Waals surface area contributed by atoms with E-state index in [2.05, 4.69) is 25.5 Å². The topological polar surface area (TPSA) is 76.7 Å². The van der Waals surface area contributed by atoms with Crippen LogP contribution in [0.15, 0.2) is 77.2 Å². The molecule has 0 amide bonds. The lowest BCUT2D eigenvalue weighted by atomic mass is 10.2. The number of halogens is 2. The van der Waals surface area contributed by atoms with Crippen molar-refractivity contribution in [3.05, 3.63) is 89.2 Å². The van der Waals surface area contributed by atoms with Crippen LogP contribution in [0.3, 0.4) is 0 Å². The fraction of sp³-hybridized carbons (Fsp3) is 0.0435. The van der Waals surface area contributed by atoms with Crippen LogP contribution in [-0.4, -0.2) is 20.2 Å². The molecule has 5 aromatic rings. The van der Waals surface area contributed by atoms with Crippen LogP contribution in [0.4, 0.5) is 10.2 Å². The molecule has 0 atom stereocenters. The monoisotopic (exact) mass is 431 g/mol. The van der Waals surface area contributed by atoms with Crippen LogP contribution in [0, 0.1) is 5.82 Å². The molecule has 0 radical (unpaired) electrons. The molecule has 0 unspecified atom stereocenters. The molecule has 31 heavy (non-hydrogen) atoms. The number of fused-ring (bicyclic) bond motifs is 1. The highest BCUT2D eigenvalue weighted by atomic mass is 35.5. The smallest absolute Gasteiger partial charge is 0.286 e. The molecule has 1 N–H and O–H groups in total. The van der Waals surface area contributed by atoms with Gasteiger partial charge in [0.15, 0.2) is 0 Å². The van der Waals surface area contributed by atoms with Crippen LogP contribution in [0.25, 0.3) is 34.1 Å². The standard InChI is InChI=1S/C23H15ClFN5O/c24-16-9-5-14(6-10-16)13-26-20-18-3-1-2-4-19(18)27-21(28-20)23-30-29-22(31-23)15-7-11-17(25)12-8-15/h1-12H,13H2,(H,26,27,28). The first kappa shape index (κ1) is 19.1. The number of aromatic nitrogens is 4. The molecule has 0 aliphatic rings. The number of hydrogen-bond donors (Lipinski definition) is 1. The molecule has 0 saturated carbocycles. The van der Waals surface area contributed by atoms with Gasteiger partial charge in [0.05, 0.1) is 5.52 Å². The normalized spacial score (nSPS) is 11.0. The Balaban J connectivity index is 1.49. The zero-order chi connectivity index (χ0) is 21.2. The Morgan fingerprint density at radius 3 is 2.39 bits per heavy atom. The first-order valence-electron chi connectivity index (χ1n) is 9.51. The van der Waals surface area contributed by atoms with E-state index in [9.17, 15) is 4.39 Å². The minimum absolute atomic E-state index is 0.180. The molecule has 0 spiro atoms. The van der Waals surface area contributed by atoms with Gasteiger partial charge in [0.25, 0.3) is 5.89 Å². The number of para-hydroxylation sites is 1. The third kappa shape index (κ3) is 4.08. The Morgan fingerprint density at radius 1 is 0.839 bits per heavy atom.